The minimum absolute atomic E-state index is 0.180. The first-order valence-electron chi connectivity index (χ1n) is 5.88. The van der Waals surface area contributed by atoms with Crippen LogP contribution in [0.2, 0.25) is 0 Å². The van der Waals surface area contributed by atoms with E-state index in [1.807, 2.05) is 11.8 Å². The third kappa shape index (κ3) is 1.84. The lowest BCUT2D eigenvalue weighted by Crippen LogP contribution is -2.39. The number of rotatable bonds is 2. The van der Waals surface area contributed by atoms with Crippen molar-refractivity contribution in [3.05, 3.63) is 11.8 Å². The molecular weight excluding hydrogens is 204 g/mol. The number of carbonyl (C=O) groups excluding carboxylic acids is 1. The summed E-state index contributed by atoms with van der Waals surface area (Å²) < 4.78 is 5.06. The SMILES string of the molecule is C=NC1=CCCC2C1CCN2C(=O)OCC. The van der Waals surface area contributed by atoms with E-state index >= 15 is 0 Å². The predicted molar refractivity (Wildman–Crippen MR) is 62.5 cm³/mol. The number of ether oxygens (including phenoxy) is 1. The lowest BCUT2D eigenvalue weighted by molar-refractivity contribution is 0.0976. The van der Waals surface area contributed by atoms with E-state index in [-0.39, 0.29) is 12.1 Å². The van der Waals surface area contributed by atoms with Crippen molar-refractivity contribution in [2.24, 2.45) is 10.9 Å². The van der Waals surface area contributed by atoms with Gasteiger partial charge in [-0.2, -0.15) is 0 Å². The molecule has 0 spiro atoms. The fraction of sp³-hybridized carbons (Fsp3) is 0.667. The van der Waals surface area contributed by atoms with Gasteiger partial charge in [0.2, 0.25) is 0 Å². The van der Waals surface area contributed by atoms with Crippen LogP contribution < -0.4 is 0 Å². The molecule has 2 aliphatic rings. The van der Waals surface area contributed by atoms with Crippen LogP contribution in [0.4, 0.5) is 4.79 Å². The second-order valence-electron chi connectivity index (χ2n) is 4.22. The highest BCUT2D eigenvalue weighted by Gasteiger charge is 2.40. The Morgan fingerprint density at radius 1 is 1.69 bits per heavy atom. The first-order valence-corrected chi connectivity index (χ1v) is 5.88. The van der Waals surface area contributed by atoms with Gasteiger partial charge in [0.25, 0.3) is 0 Å². The first kappa shape index (κ1) is 11.2. The van der Waals surface area contributed by atoms with Gasteiger partial charge in [-0.05, 0) is 32.9 Å². The van der Waals surface area contributed by atoms with Crippen LogP contribution in [0.3, 0.4) is 0 Å². The molecule has 2 unspecified atom stereocenters. The highest BCUT2D eigenvalue weighted by Crippen LogP contribution is 2.37. The maximum absolute atomic E-state index is 11.7. The largest absolute Gasteiger partial charge is 0.450 e. The first-order chi connectivity index (χ1) is 7.77. The van der Waals surface area contributed by atoms with Gasteiger partial charge in [0.1, 0.15) is 0 Å². The Balaban J connectivity index is 2.09. The Bertz CT molecular complexity index is 325. The number of nitrogens with zero attached hydrogens (tertiary/aromatic N) is 2. The van der Waals surface area contributed by atoms with Gasteiger partial charge in [-0.3, -0.25) is 4.99 Å². The molecule has 16 heavy (non-hydrogen) atoms. The number of hydrogen-bond acceptors (Lipinski definition) is 3. The standard InChI is InChI=1S/C12H18N2O2/c1-3-16-12(15)14-8-7-9-10(13-2)5-4-6-11(9)14/h5,9,11H,2-4,6-8H2,1H3. The quantitative estimate of drug-likeness (QED) is 0.672. The lowest BCUT2D eigenvalue weighted by Gasteiger charge is -2.30. The molecule has 1 aliphatic heterocycles. The fourth-order valence-corrected chi connectivity index (χ4v) is 2.72. The molecule has 0 bridgehead atoms. The van der Waals surface area contributed by atoms with Crippen molar-refractivity contribution in [2.45, 2.75) is 32.2 Å². The summed E-state index contributed by atoms with van der Waals surface area (Å²) in [6, 6.07) is 0.268. The van der Waals surface area contributed by atoms with Crippen LogP contribution in [0.25, 0.3) is 0 Å². The van der Waals surface area contributed by atoms with Crippen molar-refractivity contribution in [3.63, 3.8) is 0 Å². The van der Waals surface area contributed by atoms with Gasteiger partial charge >= 0.3 is 6.09 Å². The van der Waals surface area contributed by atoms with Crippen LogP contribution in [0.1, 0.15) is 26.2 Å². The normalized spacial score (nSPS) is 28.3. The van der Waals surface area contributed by atoms with Crippen molar-refractivity contribution in [3.8, 4) is 0 Å². The molecule has 0 saturated carbocycles. The highest BCUT2D eigenvalue weighted by molar-refractivity contribution is 5.68. The van der Waals surface area contributed by atoms with Gasteiger partial charge < -0.3 is 9.64 Å². The lowest BCUT2D eigenvalue weighted by atomic mass is 9.88. The second kappa shape index (κ2) is 4.68. The minimum atomic E-state index is -0.180. The molecule has 1 amide bonds. The molecule has 0 aromatic rings. The van der Waals surface area contributed by atoms with E-state index in [1.165, 1.54) is 0 Å². The van der Waals surface area contributed by atoms with Gasteiger partial charge in [-0.1, -0.05) is 6.08 Å². The van der Waals surface area contributed by atoms with Crippen LogP contribution in [0, 0.1) is 5.92 Å². The van der Waals surface area contributed by atoms with Crippen LogP contribution in [0.15, 0.2) is 16.8 Å². The van der Waals surface area contributed by atoms with Gasteiger partial charge in [-0.15, -0.1) is 0 Å². The average molecular weight is 222 g/mol. The van der Waals surface area contributed by atoms with Crippen molar-refractivity contribution >= 4 is 12.8 Å². The number of aliphatic imine (C=N–C) groups is 1. The van der Waals surface area contributed by atoms with E-state index in [4.69, 9.17) is 4.74 Å². The molecule has 0 aromatic heterocycles. The van der Waals surface area contributed by atoms with Crippen LogP contribution in [-0.4, -0.2) is 36.9 Å². The Kier molecular flexibility index (Phi) is 3.27. The molecule has 1 heterocycles. The van der Waals surface area contributed by atoms with Gasteiger partial charge in [0.15, 0.2) is 0 Å². The Morgan fingerprint density at radius 3 is 3.19 bits per heavy atom. The maximum atomic E-state index is 11.7. The van der Waals surface area contributed by atoms with E-state index in [2.05, 4.69) is 17.8 Å². The topological polar surface area (TPSA) is 41.9 Å². The number of likely N-dealkylation sites (tertiary alicyclic amines) is 1. The second-order valence-corrected chi connectivity index (χ2v) is 4.22. The summed E-state index contributed by atoms with van der Waals surface area (Å²) in [7, 11) is 0. The summed E-state index contributed by atoms with van der Waals surface area (Å²) in [6.45, 7) is 6.65. The van der Waals surface area contributed by atoms with E-state index in [1.54, 1.807) is 0 Å². The zero-order chi connectivity index (χ0) is 11.5. The minimum Gasteiger partial charge on any atom is -0.450 e. The Hall–Kier alpha value is -1.32. The summed E-state index contributed by atoms with van der Waals surface area (Å²) in [6.07, 6.45) is 4.94. The van der Waals surface area contributed by atoms with Crippen LogP contribution in [0.5, 0.6) is 0 Å². The third-order valence-corrected chi connectivity index (χ3v) is 3.43. The highest BCUT2D eigenvalue weighted by atomic mass is 16.6. The van der Waals surface area contributed by atoms with E-state index < -0.39 is 0 Å². The predicted octanol–water partition coefficient (Wildman–Crippen LogP) is 2.21. The van der Waals surface area contributed by atoms with Gasteiger partial charge in [-0.25, -0.2) is 4.79 Å². The number of fused-ring (bicyclic) bond motifs is 1. The fourth-order valence-electron chi connectivity index (χ4n) is 2.72. The molecular formula is C12H18N2O2. The molecule has 0 radical (unpaired) electrons. The summed E-state index contributed by atoms with van der Waals surface area (Å²) in [4.78, 5) is 17.6. The van der Waals surface area contributed by atoms with Gasteiger partial charge in [0.05, 0.1) is 6.61 Å². The van der Waals surface area contributed by atoms with Crippen molar-refractivity contribution in [2.75, 3.05) is 13.2 Å². The van der Waals surface area contributed by atoms with Crippen molar-refractivity contribution in [1.82, 2.24) is 4.90 Å². The summed E-state index contributed by atoms with van der Waals surface area (Å²) in [5.41, 5.74) is 1.06. The number of hydrogen-bond donors (Lipinski definition) is 0. The van der Waals surface area contributed by atoms with E-state index in [0.29, 0.717) is 12.5 Å². The maximum Gasteiger partial charge on any atom is 0.410 e. The van der Waals surface area contributed by atoms with Crippen LogP contribution >= 0.6 is 0 Å². The molecule has 88 valence electrons. The molecule has 0 N–H and O–H groups in total. The molecule has 2 rings (SSSR count). The molecule has 1 fully saturated rings. The number of allylic oxidation sites excluding steroid dienone is 1. The van der Waals surface area contributed by atoms with Gasteiger partial charge in [0, 0.05) is 24.2 Å². The molecule has 1 saturated heterocycles. The average Bonchev–Trinajstić information content (AvgIpc) is 2.72. The van der Waals surface area contributed by atoms with Crippen LogP contribution in [-0.2, 0) is 4.74 Å². The van der Waals surface area contributed by atoms with Crippen molar-refractivity contribution in [1.29, 1.82) is 0 Å². The molecule has 4 heteroatoms. The number of amides is 1. The van der Waals surface area contributed by atoms with E-state index in [9.17, 15) is 4.79 Å². The Labute approximate surface area is 96.0 Å². The third-order valence-electron chi connectivity index (χ3n) is 3.43. The summed E-state index contributed by atoms with van der Waals surface area (Å²) in [5, 5.41) is 0. The number of carbonyl (C=O) groups is 1. The Morgan fingerprint density at radius 2 is 2.50 bits per heavy atom. The zero-order valence-corrected chi connectivity index (χ0v) is 9.69. The van der Waals surface area contributed by atoms with E-state index in [0.717, 1.165) is 31.5 Å². The smallest absolute Gasteiger partial charge is 0.410 e. The molecule has 0 aromatic carbocycles. The molecule has 4 nitrogen and oxygen atoms in total. The molecule has 1 aliphatic carbocycles. The zero-order valence-electron chi connectivity index (χ0n) is 9.69. The summed E-state index contributed by atoms with van der Waals surface area (Å²) >= 11 is 0. The molecule has 2 atom stereocenters. The van der Waals surface area contributed by atoms with Crippen molar-refractivity contribution < 1.29 is 9.53 Å². The summed E-state index contributed by atoms with van der Waals surface area (Å²) in [5.74, 6) is 0.371. The monoisotopic (exact) mass is 222 g/mol.